The fourth-order valence-electron chi connectivity index (χ4n) is 7.50. The van der Waals surface area contributed by atoms with Gasteiger partial charge in [-0.05, 0) is 64.2 Å². The van der Waals surface area contributed by atoms with Gasteiger partial charge in [-0.3, -0.25) is 14.4 Å². The quantitative estimate of drug-likeness (QED) is 0.0263. The van der Waals surface area contributed by atoms with E-state index in [-0.39, 0.29) is 31.1 Å². The first-order valence-corrected chi connectivity index (χ1v) is 25.8. The smallest absolute Gasteiger partial charge is 0.306 e. The van der Waals surface area contributed by atoms with Gasteiger partial charge in [0.25, 0.3) is 0 Å². The third-order valence-electron chi connectivity index (χ3n) is 11.4. The van der Waals surface area contributed by atoms with E-state index >= 15 is 0 Å². The Hall–Kier alpha value is -2.11. The SMILES string of the molecule is CCC/C=C\CCCCCCCC(=O)OC(COC(=O)CCCCCCCCCCCC)COC(=O)CCCCCCCCCCC/C=C\CCCCCCCCCC. The van der Waals surface area contributed by atoms with Crippen molar-refractivity contribution in [1.29, 1.82) is 0 Å². The van der Waals surface area contributed by atoms with Crippen molar-refractivity contribution in [1.82, 2.24) is 0 Å². The molecule has 0 aliphatic rings. The number of rotatable bonds is 47. The molecular formula is C53H98O6. The van der Waals surface area contributed by atoms with Crippen LogP contribution in [-0.4, -0.2) is 37.2 Å². The molecule has 0 aromatic carbocycles. The van der Waals surface area contributed by atoms with Crippen LogP contribution in [0.3, 0.4) is 0 Å². The lowest BCUT2D eigenvalue weighted by molar-refractivity contribution is -0.167. The molecular weight excluding hydrogens is 733 g/mol. The van der Waals surface area contributed by atoms with Gasteiger partial charge in [-0.15, -0.1) is 0 Å². The molecule has 0 aromatic rings. The molecule has 346 valence electrons. The maximum atomic E-state index is 12.7. The molecule has 0 radical (unpaired) electrons. The Labute approximate surface area is 366 Å². The first-order chi connectivity index (χ1) is 29.0. The van der Waals surface area contributed by atoms with Gasteiger partial charge in [0.2, 0.25) is 0 Å². The fourth-order valence-corrected chi connectivity index (χ4v) is 7.50. The third-order valence-corrected chi connectivity index (χ3v) is 11.4. The lowest BCUT2D eigenvalue weighted by Crippen LogP contribution is -2.30. The van der Waals surface area contributed by atoms with Crippen LogP contribution in [0.4, 0.5) is 0 Å². The summed E-state index contributed by atoms with van der Waals surface area (Å²) >= 11 is 0. The Kier molecular flexibility index (Phi) is 46.8. The summed E-state index contributed by atoms with van der Waals surface area (Å²) in [5.41, 5.74) is 0. The molecule has 0 heterocycles. The summed E-state index contributed by atoms with van der Waals surface area (Å²) < 4.78 is 16.7. The zero-order valence-corrected chi connectivity index (χ0v) is 39.5. The molecule has 0 aliphatic carbocycles. The highest BCUT2D eigenvalue weighted by atomic mass is 16.6. The molecule has 6 heteroatoms. The maximum Gasteiger partial charge on any atom is 0.306 e. The van der Waals surface area contributed by atoms with Gasteiger partial charge in [0.1, 0.15) is 13.2 Å². The summed E-state index contributed by atoms with van der Waals surface area (Å²) in [4.78, 5) is 37.8. The second-order valence-electron chi connectivity index (χ2n) is 17.4. The number of carbonyl (C=O) groups is 3. The predicted molar refractivity (Wildman–Crippen MR) is 252 cm³/mol. The topological polar surface area (TPSA) is 78.9 Å². The van der Waals surface area contributed by atoms with Crippen LogP contribution in [-0.2, 0) is 28.6 Å². The van der Waals surface area contributed by atoms with Gasteiger partial charge in [-0.2, -0.15) is 0 Å². The molecule has 0 N–H and O–H groups in total. The highest BCUT2D eigenvalue weighted by molar-refractivity contribution is 5.71. The molecule has 59 heavy (non-hydrogen) atoms. The first kappa shape index (κ1) is 56.9. The van der Waals surface area contributed by atoms with Crippen molar-refractivity contribution in [2.24, 2.45) is 0 Å². The second kappa shape index (κ2) is 48.6. The zero-order chi connectivity index (χ0) is 43.0. The summed E-state index contributed by atoms with van der Waals surface area (Å²) in [6, 6.07) is 0. The summed E-state index contributed by atoms with van der Waals surface area (Å²) in [6.45, 7) is 6.58. The van der Waals surface area contributed by atoms with Crippen LogP contribution in [0.5, 0.6) is 0 Å². The van der Waals surface area contributed by atoms with E-state index in [1.54, 1.807) is 0 Å². The third kappa shape index (κ3) is 46.8. The van der Waals surface area contributed by atoms with E-state index in [1.807, 2.05) is 0 Å². The van der Waals surface area contributed by atoms with Crippen LogP contribution in [0.2, 0.25) is 0 Å². The molecule has 0 amide bonds. The molecule has 0 aliphatic heterocycles. The Morgan fingerprint density at radius 2 is 0.593 bits per heavy atom. The van der Waals surface area contributed by atoms with Gasteiger partial charge in [0, 0.05) is 19.3 Å². The maximum absolute atomic E-state index is 12.7. The van der Waals surface area contributed by atoms with E-state index in [0.717, 1.165) is 77.0 Å². The number of hydrogen-bond donors (Lipinski definition) is 0. The van der Waals surface area contributed by atoms with Gasteiger partial charge < -0.3 is 14.2 Å². The van der Waals surface area contributed by atoms with Gasteiger partial charge in [-0.25, -0.2) is 0 Å². The standard InChI is InChI=1S/C53H98O6/c1-4-7-10-13-16-19-22-23-24-25-26-27-28-29-30-31-32-35-37-40-43-46-52(55)58-49-50(59-53(56)47-44-41-38-34-21-18-15-12-9-6-3)48-57-51(54)45-42-39-36-33-20-17-14-11-8-5-2/h12,15,25-26,50H,4-11,13-14,16-24,27-49H2,1-3H3/b15-12-,26-25-. The van der Waals surface area contributed by atoms with Gasteiger partial charge >= 0.3 is 17.9 Å². The lowest BCUT2D eigenvalue weighted by Gasteiger charge is -2.18. The van der Waals surface area contributed by atoms with E-state index < -0.39 is 6.10 Å². The van der Waals surface area contributed by atoms with Crippen molar-refractivity contribution in [2.75, 3.05) is 13.2 Å². The summed E-state index contributed by atoms with van der Waals surface area (Å²) in [6.07, 6.45) is 54.6. The lowest BCUT2D eigenvalue weighted by atomic mass is 10.1. The number of unbranched alkanes of at least 4 members (excludes halogenated alkanes) is 32. The molecule has 0 fully saturated rings. The number of esters is 3. The summed E-state index contributed by atoms with van der Waals surface area (Å²) in [5, 5.41) is 0. The van der Waals surface area contributed by atoms with Gasteiger partial charge in [-0.1, -0.05) is 218 Å². The van der Waals surface area contributed by atoms with Crippen molar-refractivity contribution in [3.63, 3.8) is 0 Å². The first-order valence-electron chi connectivity index (χ1n) is 25.8. The Balaban J connectivity index is 4.20. The summed E-state index contributed by atoms with van der Waals surface area (Å²) in [5.74, 6) is -0.877. The van der Waals surface area contributed by atoms with Crippen LogP contribution in [0, 0.1) is 0 Å². The van der Waals surface area contributed by atoms with Crippen molar-refractivity contribution < 1.29 is 28.6 Å². The number of ether oxygens (including phenoxy) is 3. The minimum atomic E-state index is -0.770. The molecule has 6 nitrogen and oxygen atoms in total. The van der Waals surface area contributed by atoms with E-state index in [9.17, 15) is 14.4 Å². The van der Waals surface area contributed by atoms with Crippen molar-refractivity contribution in [3.05, 3.63) is 24.3 Å². The van der Waals surface area contributed by atoms with Crippen LogP contribution in [0.15, 0.2) is 24.3 Å². The monoisotopic (exact) mass is 831 g/mol. The van der Waals surface area contributed by atoms with Crippen LogP contribution < -0.4 is 0 Å². The average molecular weight is 831 g/mol. The molecule has 0 bridgehead atoms. The fraction of sp³-hybridized carbons (Fsp3) is 0.868. The molecule has 1 atom stereocenters. The second-order valence-corrected chi connectivity index (χ2v) is 17.4. The molecule has 0 rings (SSSR count). The highest BCUT2D eigenvalue weighted by Gasteiger charge is 2.19. The number of carbonyl (C=O) groups excluding carboxylic acids is 3. The van der Waals surface area contributed by atoms with Crippen molar-refractivity contribution in [2.45, 2.75) is 284 Å². The number of allylic oxidation sites excluding steroid dienone is 4. The van der Waals surface area contributed by atoms with E-state index in [0.29, 0.717) is 19.3 Å². The highest BCUT2D eigenvalue weighted by Crippen LogP contribution is 2.15. The zero-order valence-electron chi connectivity index (χ0n) is 39.5. The molecule has 0 saturated heterocycles. The minimum Gasteiger partial charge on any atom is -0.462 e. The Morgan fingerprint density at radius 3 is 0.915 bits per heavy atom. The van der Waals surface area contributed by atoms with Crippen molar-refractivity contribution >= 4 is 17.9 Å². The van der Waals surface area contributed by atoms with Crippen LogP contribution >= 0.6 is 0 Å². The van der Waals surface area contributed by atoms with Crippen LogP contribution in [0.1, 0.15) is 278 Å². The van der Waals surface area contributed by atoms with Crippen molar-refractivity contribution in [3.8, 4) is 0 Å². The average Bonchev–Trinajstić information content (AvgIpc) is 3.23. The molecule has 1 unspecified atom stereocenters. The Morgan fingerprint density at radius 1 is 0.322 bits per heavy atom. The largest absolute Gasteiger partial charge is 0.462 e. The normalized spacial score (nSPS) is 12.1. The van der Waals surface area contributed by atoms with Crippen LogP contribution in [0.25, 0.3) is 0 Å². The molecule has 0 aromatic heterocycles. The van der Waals surface area contributed by atoms with Gasteiger partial charge in [0.05, 0.1) is 0 Å². The molecule has 0 saturated carbocycles. The predicted octanol–water partition coefficient (Wildman–Crippen LogP) is 16.8. The minimum absolute atomic E-state index is 0.0722. The van der Waals surface area contributed by atoms with E-state index in [4.69, 9.17) is 14.2 Å². The van der Waals surface area contributed by atoms with Gasteiger partial charge in [0.15, 0.2) is 6.10 Å². The van der Waals surface area contributed by atoms with E-state index in [2.05, 4.69) is 45.1 Å². The number of hydrogen-bond acceptors (Lipinski definition) is 6. The van der Waals surface area contributed by atoms with E-state index in [1.165, 1.54) is 161 Å². The summed E-state index contributed by atoms with van der Waals surface area (Å²) in [7, 11) is 0. The molecule has 0 spiro atoms. The Bertz CT molecular complexity index is 958.